The van der Waals surface area contributed by atoms with Crippen LogP contribution < -0.4 is 24.8 Å². The van der Waals surface area contributed by atoms with E-state index in [0.717, 1.165) is 11.4 Å². The van der Waals surface area contributed by atoms with Crippen molar-refractivity contribution in [3.05, 3.63) is 42.5 Å². The number of nitrogens with one attached hydrogen (secondary N) is 2. The monoisotopic (exact) mass is 328 g/mol. The highest BCUT2D eigenvalue weighted by Gasteiger charge is 2.16. The Kier molecular flexibility index (Phi) is 4.74. The summed E-state index contributed by atoms with van der Waals surface area (Å²) < 4.78 is 16.1. The predicted octanol–water partition coefficient (Wildman–Crippen LogP) is 2.91. The van der Waals surface area contributed by atoms with Gasteiger partial charge < -0.3 is 24.8 Å². The van der Waals surface area contributed by atoms with E-state index >= 15 is 0 Å². The average molecular weight is 328 g/mol. The number of benzene rings is 2. The highest BCUT2D eigenvalue weighted by molar-refractivity contribution is 5.96. The molecule has 0 saturated heterocycles. The van der Waals surface area contributed by atoms with Gasteiger partial charge in [-0.05, 0) is 43.3 Å². The van der Waals surface area contributed by atoms with Crippen molar-refractivity contribution in [3.8, 4) is 17.2 Å². The topological polar surface area (TPSA) is 68.8 Å². The molecular formula is C18H20N2O4. The quantitative estimate of drug-likeness (QED) is 0.883. The van der Waals surface area contributed by atoms with Crippen molar-refractivity contribution in [2.75, 3.05) is 31.0 Å². The van der Waals surface area contributed by atoms with Crippen LogP contribution in [0.5, 0.6) is 17.2 Å². The molecular weight excluding hydrogens is 308 g/mol. The number of carbonyl (C=O) groups is 1. The standard InChI is InChI=1S/C18H20N2O4/c1-12(19-13-3-6-15(22-2)7-4-13)18(21)20-14-5-8-16-17(11-14)24-10-9-23-16/h3-8,11-12,19H,9-10H2,1-2H3,(H,20,21)/t12-/m1/s1. The molecule has 126 valence electrons. The molecule has 0 saturated carbocycles. The number of amides is 1. The molecule has 6 heteroatoms. The molecule has 2 aromatic rings. The molecule has 1 amide bonds. The zero-order valence-corrected chi connectivity index (χ0v) is 13.7. The molecule has 0 unspecified atom stereocenters. The SMILES string of the molecule is COc1ccc(N[C@H](C)C(=O)Nc2ccc3c(c2)OCCO3)cc1. The number of carbonyl (C=O) groups excluding carboxylic acids is 1. The Morgan fingerprint density at radius 2 is 1.71 bits per heavy atom. The van der Waals surface area contributed by atoms with E-state index in [4.69, 9.17) is 14.2 Å². The minimum atomic E-state index is -0.397. The van der Waals surface area contributed by atoms with Gasteiger partial charge in [0.1, 0.15) is 25.0 Å². The molecule has 2 aromatic carbocycles. The second kappa shape index (κ2) is 7.12. The van der Waals surface area contributed by atoms with Gasteiger partial charge in [0, 0.05) is 17.4 Å². The van der Waals surface area contributed by atoms with Crippen LogP contribution in [0.3, 0.4) is 0 Å². The minimum Gasteiger partial charge on any atom is -0.497 e. The molecule has 0 radical (unpaired) electrons. The van der Waals surface area contributed by atoms with Crippen LogP contribution in [0.25, 0.3) is 0 Å². The molecule has 3 rings (SSSR count). The normalized spacial score (nSPS) is 13.8. The number of anilines is 2. The Bertz CT molecular complexity index is 715. The maximum atomic E-state index is 12.3. The zero-order chi connectivity index (χ0) is 16.9. The number of ether oxygens (including phenoxy) is 3. The lowest BCUT2D eigenvalue weighted by atomic mass is 10.2. The number of rotatable bonds is 5. The van der Waals surface area contributed by atoms with Crippen LogP contribution in [0.1, 0.15) is 6.92 Å². The molecule has 1 aliphatic heterocycles. The van der Waals surface area contributed by atoms with Crippen molar-refractivity contribution < 1.29 is 19.0 Å². The van der Waals surface area contributed by atoms with Crippen LogP contribution in [0, 0.1) is 0 Å². The van der Waals surface area contributed by atoms with E-state index in [0.29, 0.717) is 30.4 Å². The molecule has 0 fully saturated rings. The Labute approximate surface area is 140 Å². The van der Waals surface area contributed by atoms with Crippen LogP contribution >= 0.6 is 0 Å². The molecule has 0 aromatic heterocycles. The van der Waals surface area contributed by atoms with Crippen LogP contribution in [-0.4, -0.2) is 32.3 Å². The van der Waals surface area contributed by atoms with Crippen molar-refractivity contribution in [1.82, 2.24) is 0 Å². The average Bonchev–Trinajstić information content (AvgIpc) is 2.62. The van der Waals surface area contributed by atoms with Crippen molar-refractivity contribution >= 4 is 17.3 Å². The van der Waals surface area contributed by atoms with Crippen molar-refractivity contribution in [2.24, 2.45) is 0 Å². The van der Waals surface area contributed by atoms with E-state index in [9.17, 15) is 4.79 Å². The molecule has 6 nitrogen and oxygen atoms in total. The maximum Gasteiger partial charge on any atom is 0.246 e. The Hall–Kier alpha value is -2.89. The third-order valence-electron chi connectivity index (χ3n) is 3.68. The Morgan fingerprint density at radius 3 is 2.42 bits per heavy atom. The summed E-state index contributed by atoms with van der Waals surface area (Å²) in [5.74, 6) is 1.98. The fraction of sp³-hybridized carbons (Fsp3) is 0.278. The van der Waals surface area contributed by atoms with Gasteiger partial charge in [0.15, 0.2) is 11.5 Å². The van der Waals surface area contributed by atoms with Gasteiger partial charge in [0.05, 0.1) is 7.11 Å². The molecule has 2 N–H and O–H groups in total. The van der Waals surface area contributed by atoms with E-state index in [1.54, 1.807) is 32.2 Å². The lowest BCUT2D eigenvalue weighted by Crippen LogP contribution is -2.31. The molecule has 24 heavy (non-hydrogen) atoms. The van der Waals surface area contributed by atoms with E-state index in [-0.39, 0.29) is 5.91 Å². The summed E-state index contributed by atoms with van der Waals surface area (Å²) in [6.07, 6.45) is 0. The first-order valence-electron chi connectivity index (χ1n) is 7.77. The highest BCUT2D eigenvalue weighted by atomic mass is 16.6. The molecule has 1 atom stereocenters. The number of hydrogen-bond acceptors (Lipinski definition) is 5. The van der Waals surface area contributed by atoms with E-state index in [2.05, 4.69) is 10.6 Å². The Morgan fingerprint density at radius 1 is 1.04 bits per heavy atom. The van der Waals surface area contributed by atoms with Crippen LogP contribution in [0.15, 0.2) is 42.5 Å². The molecule has 1 heterocycles. The first kappa shape index (κ1) is 16.0. The van der Waals surface area contributed by atoms with Crippen LogP contribution in [0.2, 0.25) is 0 Å². The first-order valence-corrected chi connectivity index (χ1v) is 7.77. The summed E-state index contributed by atoms with van der Waals surface area (Å²) in [6, 6.07) is 12.4. The molecule has 1 aliphatic rings. The third-order valence-corrected chi connectivity index (χ3v) is 3.68. The molecule has 0 bridgehead atoms. The second-order valence-corrected chi connectivity index (χ2v) is 5.44. The summed E-state index contributed by atoms with van der Waals surface area (Å²) in [6.45, 7) is 2.86. The van der Waals surface area contributed by atoms with Gasteiger partial charge in [0.25, 0.3) is 0 Å². The summed E-state index contributed by atoms with van der Waals surface area (Å²) >= 11 is 0. The Balaban J connectivity index is 1.61. The lowest BCUT2D eigenvalue weighted by molar-refractivity contribution is -0.116. The highest BCUT2D eigenvalue weighted by Crippen LogP contribution is 2.32. The number of methoxy groups -OCH3 is 1. The first-order chi connectivity index (χ1) is 11.7. The van der Waals surface area contributed by atoms with Crippen molar-refractivity contribution in [2.45, 2.75) is 13.0 Å². The zero-order valence-electron chi connectivity index (χ0n) is 13.7. The van der Waals surface area contributed by atoms with Gasteiger partial charge in [-0.15, -0.1) is 0 Å². The largest absolute Gasteiger partial charge is 0.497 e. The molecule has 0 aliphatic carbocycles. The van der Waals surface area contributed by atoms with Crippen LogP contribution in [0.4, 0.5) is 11.4 Å². The van der Waals surface area contributed by atoms with Gasteiger partial charge in [0.2, 0.25) is 5.91 Å². The fourth-order valence-electron chi connectivity index (χ4n) is 2.37. The predicted molar refractivity (Wildman–Crippen MR) is 92.1 cm³/mol. The maximum absolute atomic E-state index is 12.3. The van der Waals surface area contributed by atoms with E-state index < -0.39 is 6.04 Å². The summed E-state index contributed by atoms with van der Waals surface area (Å²) in [4.78, 5) is 12.3. The fourth-order valence-corrected chi connectivity index (χ4v) is 2.37. The smallest absolute Gasteiger partial charge is 0.246 e. The minimum absolute atomic E-state index is 0.137. The summed E-state index contributed by atoms with van der Waals surface area (Å²) in [5.41, 5.74) is 1.52. The summed E-state index contributed by atoms with van der Waals surface area (Å²) in [7, 11) is 1.62. The van der Waals surface area contributed by atoms with E-state index in [1.807, 2.05) is 24.3 Å². The van der Waals surface area contributed by atoms with Crippen LogP contribution in [-0.2, 0) is 4.79 Å². The number of hydrogen-bond donors (Lipinski definition) is 2. The van der Waals surface area contributed by atoms with Crippen molar-refractivity contribution in [3.63, 3.8) is 0 Å². The van der Waals surface area contributed by atoms with Gasteiger partial charge in [-0.25, -0.2) is 0 Å². The van der Waals surface area contributed by atoms with Gasteiger partial charge >= 0.3 is 0 Å². The third kappa shape index (κ3) is 3.71. The lowest BCUT2D eigenvalue weighted by Gasteiger charge is -2.20. The van der Waals surface area contributed by atoms with Gasteiger partial charge in [-0.3, -0.25) is 4.79 Å². The number of fused-ring (bicyclic) bond motifs is 1. The molecule has 0 spiro atoms. The van der Waals surface area contributed by atoms with Gasteiger partial charge in [-0.2, -0.15) is 0 Å². The summed E-state index contributed by atoms with van der Waals surface area (Å²) in [5, 5.41) is 6.02. The van der Waals surface area contributed by atoms with E-state index in [1.165, 1.54) is 0 Å². The second-order valence-electron chi connectivity index (χ2n) is 5.44. The van der Waals surface area contributed by atoms with Crippen molar-refractivity contribution in [1.29, 1.82) is 0 Å². The van der Waals surface area contributed by atoms with Gasteiger partial charge in [-0.1, -0.05) is 0 Å².